The number of likely N-dealkylation sites (N-methyl/N-ethyl adjacent to an activating group) is 1. The Morgan fingerprint density at radius 3 is 2.47 bits per heavy atom. The van der Waals surface area contributed by atoms with Crippen LogP contribution in [0.3, 0.4) is 0 Å². The Kier molecular flexibility index (Phi) is 2.80. The molecule has 2 rings (SSSR count). The average molecular weight is 215 g/mol. The van der Waals surface area contributed by atoms with Gasteiger partial charge in [-0.2, -0.15) is 0 Å². The van der Waals surface area contributed by atoms with Crippen LogP contribution < -0.4 is 0 Å². The van der Waals surface area contributed by atoms with E-state index in [9.17, 15) is 4.39 Å². The topological polar surface area (TPSA) is 12.5 Å². The van der Waals surface area contributed by atoms with Gasteiger partial charge in [-0.1, -0.05) is 13.8 Å². The van der Waals surface area contributed by atoms with Crippen LogP contribution in [0.5, 0.6) is 0 Å². The minimum absolute atomic E-state index is 0.0318. The van der Waals surface area contributed by atoms with E-state index in [0.29, 0.717) is 13.0 Å². The minimum atomic E-state index is -0.669. The summed E-state index contributed by atoms with van der Waals surface area (Å²) in [5.74, 6) is 0. The number of hydrogen-bond donors (Lipinski definition) is 0. The maximum absolute atomic E-state index is 13.6. The first kappa shape index (κ1) is 11.3. The number of hydrogen-bond acceptors (Lipinski definition) is 2. The van der Waals surface area contributed by atoms with Gasteiger partial charge in [-0.25, -0.2) is 4.39 Å². The van der Waals surface area contributed by atoms with E-state index in [0.717, 1.165) is 25.8 Å². The molecule has 1 heterocycles. The molecule has 0 radical (unpaired) electrons. The Morgan fingerprint density at radius 1 is 1.40 bits per heavy atom. The summed E-state index contributed by atoms with van der Waals surface area (Å²) >= 11 is 0. The third-order valence-electron chi connectivity index (χ3n) is 4.49. The van der Waals surface area contributed by atoms with Gasteiger partial charge in [0.25, 0.3) is 0 Å². The first-order valence-corrected chi connectivity index (χ1v) is 6.08. The zero-order valence-corrected chi connectivity index (χ0v) is 10.1. The first-order chi connectivity index (χ1) is 7.14. The van der Waals surface area contributed by atoms with Gasteiger partial charge in [-0.3, -0.25) is 4.90 Å². The van der Waals surface area contributed by atoms with Crippen molar-refractivity contribution in [3.63, 3.8) is 0 Å². The number of nitrogens with zero attached hydrogens (tertiary/aromatic N) is 1. The van der Waals surface area contributed by atoms with Crippen LogP contribution in [0.25, 0.3) is 0 Å². The summed E-state index contributed by atoms with van der Waals surface area (Å²) in [7, 11) is 1.78. The Labute approximate surface area is 91.8 Å². The number of alkyl halides is 1. The number of rotatable bonds is 4. The van der Waals surface area contributed by atoms with E-state index >= 15 is 0 Å². The maximum atomic E-state index is 13.6. The lowest BCUT2D eigenvalue weighted by atomic mass is 9.83. The summed E-state index contributed by atoms with van der Waals surface area (Å²) in [6.45, 7) is 5.81. The Bertz CT molecular complexity index is 242. The summed E-state index contributed by atoms with van der Waals surface area (Å²) in [5.41, 5.74) is -0.0749. The highest BCUT2D eigenvalue weighted by molar-refractivity contribution is 5.19. The van der Waals surface area contributed by atoms with E-state index in [1.54, 1.807) is 7.11 Å². The van der Waals surface area contributed by atoms with Crippen LogP contribution in [0.1, 0.15) is 39.5 Å². The van der Waals surface area contributed by atoms with Gasteiger partial charge < -0.3 is 4.74 Å². The molecule has 1 aliphatic carbocycles. The molecule has 2 nitrogen and oxygen atoms in total. The van der Waals surface area contributed by atoms with Crippen LogP contribution in [0, 0.1) is 0 Å². The molecule has 1 saturated heterocycles. The van der Waals surface area contributed by atoms with Crippen molar-refractivity contribution in [3.8, 4) is 0 Å². The van der Waals surface area contributed by atoms with Crippen molar-refractivity contribution < 1.29 is 9.13 Å². The second kappa shape index (κ2) is 3.70. The number of likely N-dealkylation sites (tertiary alicyclic amines) is 1. The van der Waals surface area contributed by atoms with Crippen molar-refractivity contribution in [2.75, 3.05) is 20.2 Å². The zero-order valence-electron chi connectivity index (χ0n) is 10.1. The fourth-order valence-electron chi connectivity index (χ4n) is 3.54. The third-order valence-corrected chi connectivity index (χ3v) is 4.49. The molecule has 2 fully saturated rings. The summed E-state index contributed by atoms with van der Waals surface area (Å²) in [4.78, 5) is 2.30. The molecular formula is C12H22FNO. The smallest absolute Gasteiger partial charge is 0.115 e. The molecule has 0 aromatic heterocycles. The molecule has 2 atom stereocenters. The van der Waals surface area contributed by atoms with Crippen molar-refractivity contribution in [3.05, 3.63) is 0 Å². The van der Waals surface area contributed by atoms with Gasteiger partial charge in [-0.15, -0.1) is 0 Å². The molecule has 0 aromatic rings. The maximum Gasteiger partial charge on any atom is 0.115 e. The molecule has 0 bridgehead atoms. The highest BCUT2D eigenvalue weighted by Crippen LogP contribution is 2.56. The molecule has 3 heteroatoms. The van der Waals surface area contributed by atoms with Crippen molar-refractivity contribution in [2.45, 2.75) is 56.8 Å². The van der Waals surface area contributed by atoms with Gasteiger partial charge >= 0.3 is 0 Å². The second-order valence-corrected chi connectivity index (χ2v) is 4.92. The minimum Gasteiger partial charge on any atom is -0.376 e. The standard InChI is InChI=1S/C12H22FNO/c1-4-11(12(15-3)6-7-12)8-10(13)9-14(11)5-2/h10H,4-9H2,1-3H3. The van der Waals surface area contributed by atoms with Crippen LogP contribution in [0.15, 0.2) is 0 Å². The normalized spacial score (nSPS) is 39.6. The summed E-state index contributed by atoms with van der Waals surface area (Å²) in [6.07, 6.45) is 3.18. The molecule has 15 heavy (non-hydrogen) atoms. The van der Waals surface area contributed by atoms with Crippen LogP contribution >= 0.6 is 0 Å². The number of halogens is 1. The summed E-state index contributed by atoms with van der Waals surface area (Å²) in [5, 5.41) is 0. The van der Waals surface area contributed by atoms with E-state index in [-0.39, 0.29) is 11.1 Å². The van der Waals surface area contributed by atoms with E-state index in [2.05, 4.69) is 18.7 Å². The first-order valence-electron chi connectivity index (χ1n) is 6.08. The van der Waals surface area contributed by atoms with Gasteiger partial charge in [0.15, 0.2) is 0 Å². The lowest BCUT2D eigenvalue weighted by molar-refractivity contribution is -0.0566. The Hall–Kier alpha value is -0.150. The molecule has 0 N–H and O–H groups in total. The van der Waals surface area contributed by atoms with Crippen LogP contribution in [-0.2, 0) is 4.74 Å². The molecule has 2 unspecified atom stereocenters. The summed E-state index contributed by atoms with van der Waals surface area (Å²) in [6, 6.07) is 0. The lowest BCUT2D eigenvalue weighted by Gasteiger charge is -2.43. The highest BCUT2D eigenvalue weighted by atomic mass is 19.1. The molecule has 0 amide bonds. The predicted molar refractivity (Wildman–Crippen MR) is 58.8 cm³/mol. The molecule has 0 spiro atoms. The van der Waals surface area contributed by atoms with Crippen LogP contribution in [0.2, 0.25) is 0 Å². The van der Waals surface area contributed by atoms with Crippen LogP contribution in [0.4, 0.5) is 4.39 Å². The van der Waals surface area contributed by atoms with Crippen LogP contribution in [-0.4, -0.2) is 42.4 Å². The SMILES string of the molecule is CCN1CC(F)CC1(CC)C1(OC)CC1. The van der Waals surface area contributed by atoms with Crippen molar-refractivity contribution in [1.82, 2.24) is 4.90 Å². The van der Waals surface area contributed by atoms with Crippen molar-refractivity contribution in [2.24, 2.45) is 0 Å². The van der Waals surface area contributed by atoms with Gasteiger partial charge in [0.1, 0.15) is 6.17 Å². The third kappa shape index (κ3) is 1.43. The van der Waals surface area contributed by atoms with E-state index < -0.39 is 6.17 Å². The second-order valence-electron chi connectivity index (χ2n) is 4.92. The fourth-order valence-corrected chi connectivity index (χ4v) is 3.54. The van der Waals surface area contributed by atoms with Gasteiger partial charge in [-0.05, 0) is 25.8 Å². The average Bonchev–Trinajstić information content (AvgIpc) is 2.98. The molecular weight excluding hydrogens is 193 g/mol. The van der Waals surface area contributed by atoms with Crippen molar-refractivity contribution in [1.29, 1.82) is 0 Å². The van der Waals surface area contributed by atoms with E-state index in [1.807, 2.05) is 0 Å². The summed E-state index contributed by atoms with van der Waals surface area (Å²) < 4.78 is 19.3. The molecule has 2 aliphatic rings. The Morgan fingerprint density at radius 2 is 2.07 bits per heavy atom. The van der Waals surface area contributed by atoms with E-state index in [1.165, 1.54) is 0 Å². The zero-order chi connectivity index (χ0) is 11.1. The molecule has 1 saturated carbocycles. The van der Waals surface area contributed by atoms with Gasteiger partial charge in [0, 0.05) is 20.1 Å². The number of methoxy groups -OCH3 is 1. The van der Waals surface area contributed by atoms with Crippen molar-refractivity contribution >= 4 is 0 Å². The molecule has 88 valence electrons. The Balaban J connectivity index is 2.27. The number of ether oxygens (including phenoxy) is 1. The quantitative estimate of drug-likeness (QED) is 0.714. The monoisotopic (exact) mass is 215 g/mol. The van der Waals surface area contributed by atoms with E-state index in [4.69, 9.17) is 4.74 Å². The largest absolute Gasteiger partial charge is 0.376 e. The van der Waals surface area contributed by atoms with Gasteiger partial charge in [0.2, 0.25) is 0 Å². The van der Waals surface area contributed by atoms with Gasteiger partial charge in [0.05, 0.1) is 11.1 Å². The fraction of sp³-hybridized carbons (Fsp3) is 1.00. The molecule has 0 aromatic carbocycles. The highest BCUT2D eigenvalue weighted by Gasteiger charge is 2.64. The predicted octanol–water partition coefficient (Wildman–Crippen LogP) is 2.38. The lowest BCUT2D eigenvalue weighted by Crippen LogP contribution is -2.54. The molecule has 1 aliphatic heterocycles.